The van der Waals surface area contributed by atoms with Crippen molar-refractivity contribution < 1.29 is 43.2 Å². The number of hydrogen-bond donors (Lipinski definition) is 1. The Morgan fingerprint density at radius 3 is 2.00 bits per heavy atom. The van der Waals surface area contributed by atoms with Gasteiger partial charge in [0.1, 0.15) is 18.8 Å². The van der Waals surface area contributed by atoms with Gasteiger partial charge in [-0.05, 0) is 0 Å². The van der Waals surface area contributed by atoms with Crippen LogP contribution >= 0.6 is 0 Å². The molecular weight excluding hydrogens is 300 g/mol. The Morgan fingerprint density at radius 2 is 1.55 bits per heavy atom. The average molecular weight is 320 g/mol. The van der Waals surface area contributed by atoms with Gasteiger partial charge in [-0.25, -0.2) is 0 Å². The fourth-order valence-corrected chi connectivity index (χ4v) is 2.06. The Labute approximate surface area is 127 Å². The van der Waals surface area contributed by atoms with Crippen molar-refractivity contribution in [3.05, 3.63) is 0 Å². The quantitative estimate of drug-likeness (QED) is 0.510. The van der Waals surface area contributed by atoms with Gasteiger partial charge in [0.15, 0.2) is 18.5 Å². The zero-order chi connectivity index (χ0) is 16.9. The summed E-state index contributed by atoms with van der Waals surface area (Å²) in [6.45, 7) is 3.25. The first-order valence-corrected chi connectivity index (χ1v) is 6.60. The zero-order valence-electron chi connectivity index (χ0n) is 12.8. The summed E-state index contributed by atoms with van der Waals surface area (Å²) < 4.78 is 25.3. The van der Waals surface area contributed by atoms with Crippen LogP contribution < -0.4 is 0 Å². The number of esters is 3. The second kappa shape index (κ2) is 8.06. The fraction of sp³-hybridized carbons (Fsp3) is 0.769. The Hall–Kier alpha value is -1.71. The van der Waals surface area contributed by atoms with Gasteiger partial charge < -0.3 is 28.8 Å². The number of carbonyl (C=O) groups is 3. The highest BCUT2D eigenvalue weighted by atomic mass is 16.7. The molecule has 0 aromatic carbocycles. The first kappa shape index (κ1) is 18.3. The third kappa shape index (κ3) is 4.93. The first-order chi connectivity index (χ1) is 10.3. The van der Waals surface area contributed by atoms with E-state index in [4.69, 9.17) is 23.7 Å². The second-order valence-corrected chi connectivity index (χ2v) is 4.72. The summed E-state index contributed by atoms with van der Waals surface area (Å²) in [7, 11) is 1.30. The van der Waals surface area contributed by atoms with Gasteiger partial charge in [-0.15, -0.1) is 0 Å². The lowest BCUT2D eigenvalue weighted by Crippen LogP contribution is -2.61. The molecule has 0 bridgehead atoms. The van der Waals surface area contributed by atoms with Crippen molar-refractivity contribution in [1.29, 1.82) is 0 Å². The van der Waals surface area contributed by atoms with E-state index in [-0.39, 0.29) is 6.61 Å². The van der Waals surface area contributed by atoms with Crippen LogP contribution in [0.15, 0.2) is 0 Å². The maximum Gasteiger partial charge on any atom is 0.303 e. The van der Waals surface area contributed by atoms with Crippen LogP contribution in [0.2, 0.25) is 0 Å². The second-order valence-electron chi connectivity index (χ2n) is 4.72. The number of aliphatic hydroxyl groups is 1. The zero-order valence-corrected chi connectivity index (χ0v) is 12.8. The van der Waals surface area contributed by atoms with E-state index in [0.717, 1.165) is 13.8 Å². The molecule has 9 nitrogen and oxygen atoms in total. The normalized spacial score (nSPS) is 31.2. The molecule has 0 aromatic heterocycles. The molecule has 1 aliphatic heterocycles. The van der Waals surface area contributed by atoms with E-state index in [1.54, 1.807) is 0 Å². The highest BCUT2D eigenvalue weighted by Gasteiger charge is 2.49. The predicted octanol–water partition coefficient (Wildman–Crippen LogP) is -0.855. The highest BCUT2D eigenvalue weighted by molar-refractivity contribution is 5.67. The van der Waals surface area contributed by atoms with Gasteiger partial charge in [0.2, 0.25) is 0 Å². The van der Waals surface area contributed by atoms with E-state index in [9.17, 15) is 19.5 Å². The van der Waals surface area contributed by atoms with Crippen LogP contribution in [0.1, 0.15) is 20.8 Å². The monoisotopic (exact) mass is 320 g/mol. The van der Waals surface area contributed by atoms with Crippen LogP contribution in [0, 0.1) is 0 Å². The molecule has 1 rings (SSSR count). The SMILES string of the molecule is CO[C@H]1OC(COC(C)=O)[C@@H](O)C(OC(C)=O)C1OC(C)=O. The Morgan fingerprint density at radius 1 is 1.00 bits per heavy atom. The van der Waals surface area contributed by atoms with Gasteiger partial charge in [-0.3, -0.25) is 14.4 Å². The van der Waals surface area contributed by atoms with Gasteiger partial charge in [0, 0.05) is 27.9 Å². The molecule has 1 fully saturated rings. The van der Waals surface area contributed by atoms with Crippen molar-refractivity contribution in [3.8, 4) is 0 Å². The van der Waals surface area contributed by atoms with Crippen molar-refractivity contribution in [2.45, 2.75) is 51.5 Å². The van der Waals surface area contributed by atoms with Gasteiger partial charge in [-0.1, -0.05) is 0 Å². The topological polar surface area (TPSA) is 118 Å². The van der Waals surface area contributed by atoms with E-state index in [1.807, 2.05) is 0 Å². The number of ether oxygens (including phenoxy) is 5. The fourth-order valence-electron chi connectivity index (χ4n) is 2.06. The number of methoxy groups -OCH3 is 1. The largest absolute Gasteiger partial charge is 0.463 e. The van der Waals surface area contributed by atoms with Gasteiger partial charge in [0.25, 0.3) is 0 Å². The first-order valence-electron chi connectivity index (χ1n) is 6.60. The van der Waals surface area contributed by atoms with Crippen LogP contribution in [0.3, 0.4) is 0 Å². The summed E-state index contributed by atoms with van der Waals surface area (Å²) in [6.07, 6.45) is -5.79. The van der Waals surface area contributed by atoms with E-state index in [1.165, 1.54) is 14.0 Å². The van der Waals surface area contributed by atoms with Crippen molar-refractivity contribution in [2.75, 3.05) is 13.7 Å². The molecule has 0 amide bonds. The van der Waals surface area contributed by atoms with Crippen LogP contribution in [0.25, 0.3) is 0 Å². The van der Waals surface area contributed by atoms with E-state index < -0.39 is 48.6 Å². The third-order valence-corrected chi connectivity index (χ3v) is 2.91. The summed E-state index contributed by atoms with van der Waals surface area (Å²) in [6, 6.07) is 0. The lowest BCUT2D eigenvalue weighted by Gasteiger charge is -2.42. The maximum atomic E-state index is 11.2. The molecule has 5 atom stereocenters. The Kier molecular flexibility index (Phi) is 6.72. The number of rotatable bonds is 5. The van der Waals surface area contributed by atoms with Crippen molar-refractivity contribution >= 4 is 17.9 Å². The molecule has 0 saturated carbocycles. The molecule has 22 heavy (non-hydrogen) atoms. The molecule has 0 aliphatic carbocycles. The number of carbonyl (C=O) groups excluding carboxylic acids is 3. The van der Waals surface area contributed by atoms with E-state index in [2.05, 4.69) is 0 Å². The van der Waals surface area contributed by atoms with Crippen LogP contribution in [0.4, 0.5) is 0 Å². The molecule has 0 aromatic rings. The van der Waals surface area contributed by atoms with Crippen molar-refractivity contribution in [1.82, 2.24) is 0 Å². The lowest BCUT2D eigenvalue weighted by molar-refractivity contribution is -0.300. The van der Waals surface area contributed by atoms with Crippen LogP contribution in [0.5, 0.6) is 0 Å². The van der Waals surface area contributed by atoms with E-state index in [0.29, 0.717) is 0 Å². The maximum absolute atomic E-state index is 11.2. The minimum atomic E-state index is -1.36. The summed E-state index contributed by atoms with van der Waals surface area (Å²) in [5, 5.41) is 10.2. The highest BCUT2D eigenvalue weighted by Crippen LogP contribution is 2.27. The van der Waals surface area contributed by atoms with Gasteiger partial charge >= 0.3 is 17.9 Å². The van der Waals surface area contributed by atoms with Gasteiger partial charge in [-0.2, -0.15) is 0 Å². The smallest absolute Gasteiger partial charge is 0.303 e. The van der Waals surface area contributed by atoms with Crippen LogP contribution in [-0.2, 0) is 38.1 Å². The molecule has 9 heteroatoms. The Bertz CT molecular complexity index is 422. The van der Waals surface area contributed by atoms with Crippen molar-refractivity contribution in [2.24, 2.45) is 0 Å². The van der Waals surface area contributed by atoms with E-state index >= 15 is 0 Å². The molecule has 1 heterocycles. The molecular formula is C13H20O9. The minimum Gasteiger partial charge on any atom is -0.463 e. The molecule has 1 aliphatic rings. The predicted molar refractivity (Wildman–Crippen MR) is 69.4 cm³/mol. The van der Waals surface area contributed by atoms with Crippen molar-refractivity contribution in [3.63, 3.8) is 0 Å². The summed E-state index contributed by atoms with van der Waals surface area (Å²) in [4.78, 5) is 33.3. The third-order valence-electron chi connectivity index (χ3n) is 2.91. The molecule has 0 radical (unpaired) electrons. The molecule has 0 spiro atoms. The standard InChI is InChI=1S/C13H20O9/c1-6(14)19-5-9-10(17)11(20-7(2)15)12(21-8(3)16)13(18-4)22-9/h9-13,17H,5H2,1-4H3/t9?,10-,11?,12?,13+/m1/s1. The number of hydrogen-bond acceptors (Lipinski definition) is 9. The van der Waals surface area contributed by atoms with Crippen LogP contribution in [-0.4, -0.2) is 67.4 Å². The summed E-state index contributed by atoms with van der Waals surface area (Å²) in [5.74, 6) is -1.89. The average Bonchev–Trinajstić information content (AvgIpc) is 2.41. The molecule has 1 N–H and O–H groups in total. The Balaban J connectivity index is 2.95. The minimum absolute atomic E-state index is 0.263. The summed E-state index contributed by atoms with van der Waals surface area (Å²) >= 11 is 0. The number of aliphatic hydroxyl groups excluding tert-OH is 1. The molecule has 3 unspecified atom stereocenters. The molecule has 1 saturated heterocycles. The lowest BCUT2D eigenvalue weighted by atomic mass is 9.98. The van der Waals surface area contributed by atoms with Gasteiger partial charge in [0.05, 0.1) is 0 Å². The summed E-state index contributed by atoms with van der Waals surface area (Å²) in [5.41, 5.74) is 0. The molecule has 126 valence electrons.